The Morgan fingerprint density at radius 2 is 1.96 bits per heavy atom. The fourth-order valence-corrected chi connectivity index (χ4v) is 3.44. The van der Waals surface area contributed by atoms with Gasteiger partial charge in [0.25, 0.3) is 5.69 Å². The van der Waals surface area contributed by atoms with Crippen LogP contribution in [-0.2, 0) is 6.42 Å². The van der Waals surface area contributed by atoms with Gasteiger partial charge >= 0.3 is 0 Å². The molecule has 0 aliphatic carbocycles. The highest BCUT2D eigenvalue weighted by Crippen LogP contribution is 2.46. The summed E-state index contributed by atoms with van der Waals surface area (Å²) in [5.74, 6) is 0.706. The molecule has 1 unspecified atom stereocenters. The first-order valence-corrected chi connectivity index (χ1v) is 8.83. The number of fused-ring (bicyclic) bond motifs is 1. The molecule has 3 N–H and O–H groups in total. The maximum Gasteiger partial charge on any atom is 0.295 e. The summed E-state index contributed by atoms with van der Waals surface area (Å²) in [6, 6.07) is 13.4. The summed E-state index contributed by atoms with van der Waals surface area (Å²) in [7, 11) is 0. The zero-order chi connectivity index (χ0) is 18.9. The number of nitro benzene ring substituents is 1. The van der Waals surface area contributed by atoms with E-state index in [9.17, 15) is 10.1 Å². The van der Waals surface area contributed by atoms with Gasteiger partial charge in [0.15, 0.2) is 0 Å². The van der Waals surface area contributed by atoms with Crippen molar-refractivity contribution in [1.29, 1.82) is 0 Å². The minimum absolute atomic E-state index is 0.0144. The molecule has 0 amide bonds. The van der Waals surface area contributed by atoms with Gasteiger partial charge in [0.1, 0.15) is 17.0 Å². The SMILES string of the molecule is C[C@@H]1C(NCCc2ccccc2)c2cc(N)c([N+](=O)[O-])cc2OC1(C)C. The molecule has 0 saturated carbocycles. The van der Waals surface area contributed by atoms with Crippen molar-refractivity contribution in [2.75, 3.05) is 12.3 Å². The van der Waals surface area contributed by atoms with E-state index in [-0.39, 0.29) is 23.3 Å². The first-order valence-electron chi connectivity index (χ1n) is 8.83. The monoisotopic (exact) mass is 355 g/mol. The molecule has 0 saturated heterocycles. The first kappa shape index (κ1) is 18.2. The van der Waals surface area contributed by atoms with E-state index >= 15 is 0 Å². The smallest absolute Gasteiger partial charge is 0.295 e. The van der Waals surface area contributed by atoms with Crippen LogP contribution in [0.3, 0.4) is 0 Å². The molecule has 0 fully saturated rings. The fraction of sp³-hybridized carbons (Fsp3) is 0.400. The average Bonchev–Trinajstić information content (AvgIpc) is 2.59. The maximum absolute atomic E-state index is 11.2. The molecule has 3 rings (SSSR count). The number of hydrogen-bond donors (Lipinski definition) is 2. The highest BCUT2D eigenvalue weighted by atomic mass is 16.6. The lowest BCUT2D eigenvalue weighted by molar-refractivity contribution is -0.384. The van der Waals surface area contributed by atoms with Crippen molar-refractivity contribution in [3.05, 3.63) is 63.7 Å². The van der Waals surface area contributed by atoms with Crippen LogP contribution in [0.25, 0.3) is 0 Å². The number of nitrogens with zero attached hydrogens (tertiary/aromatic N) is 1. The average molecular weight is 355 g/mol. The molecular formula is C20H25N3O3. The highest BCUT2D eigenvalue weighted by Gasteiger charge is 2.41. The van der Waals surface area contributed by atoms with Gasteiger partial charge in [-0.05, 0) is 38.4 Å². The van der Waals surface area contributed by atoms with Crippen LogP contribution < -0.4 is 15.8 Å². The Morgan fingerprint density at radius 1 is 1.27 bits per heavy atom. The predicted molar refractivity (Wildman–Crippen MR) is 102 cm³/mol. The van der Waals surface area contributed by atoms with Gasteiger partial charge in [0, 0.05) is 17.5 Å². The Kier molecular flexibility index (Phi) is 4.87. The number of nitro groups is 1. The van der Waals surface area contributed by atoms with Gasteiger partial charge in [-0.15, -0.1) is 0 Å². The number of nitrogen functional groups attached to an aromatic ring is 1. The van der Waals surface area contributed by atoms with Crippen molar-refractivity contribution in [3.8, 4) is 5.75 Å². The number of nitrogens with one attached hydrogen (secondary N) is 1. The van der Waals surface area contributed by atoms with Crippen LogP contribution in [0.2, 0.25) is 0 Å². The molecule has 1 heterocycles. The van der Waals surface area contributed by atoms with Crippen LogP contribution >= 0.6 is 0 Å². The van der Waals surface area contributed by atoms with Crippen molar-refractivity contribution < 1.29 is 9.66 Å². The second-order valence-corrected chi connectivity index (χ2v) is 7.37. The Morgan fingerprint density at radius 3 is 2.62 bits per heavy atom. The van der Waals surface area contributed by atoms with E-state index in [0.29, 0.717) is 5.75 Å². The molecule has 1 aliphatic heterocycles. The van der Waals surface area contributed by atoms with Crippen LogP contribution in [0, 0.1) is 16.0 Å². The molecule has 0 radical (unpaired) electrons. The Hall–Kier alpha value is -2.60. The predicted octanol–water partition coefficient (Wildman–Crippen LogP) is 3.86. The minimum atomic E-state index is -0.470. The summed E-state index contributed by atoms with van der Waals surface area (Å²) in [4.78, 5) is 10.7. The van der Waals surface area contributed by atoms with Gasteiger partial charge < -0.3 is 15.8 Å². The van der Waals surface area contributed by atoms with Crippen LogP contribution in [0.5, 0.6) is 5.75 Å². The lowest BCUT2D eigenvalue weighted by atomic mass is 9.79. The second-order valence-electron chi connectivity index (χ2n) is 7.37. The van der Waals surface area contributed by atoms with Crippen molar-refractivity contribution in [2.24, 2.45) is 5.92 Å². The van der Waals surface area contributed by atoms with E-state index in [2.05, 4.69) is 24.4 Å². The molecular weight excluding hydrogens is 330 g/mol. The van der Waals surface area contributed by atoms with Crippen LogP contribution in [0.1, 0.15) is 37.9 Å². The van der Waals surface area contributed by atoms with E-state index in [1.165, 1.54) is 11.6 Å². The molecule has 2 aromatic carbocycles. The standard InChI is InChI=1S/C20H25N3O3/c1-13-19(22-10-9-14-7-5-4-6-8-14)15-11-16(21)17(23(24)25)12-18(15)26-20(13,2)3/h4-8,11-13,19,22H,9-10,21H2,1-3H3/t13-,19?/m1/s1. The van der Waals surface area contributed by atoms with E-state index in [4.69, 9.17) is 10.5 Å². The number of hydrogen-bond acceptors (Lipinski definition) is 5. The van der Waals surface area contributed by atoms with Gasteiger partial charge in [0.2, 0.25) is 0 Å². The summed E-state index contributed by atoms with van der Waals surface area (Å²) in [6.45, 7) is 6.94. The third-order valence-electron chi connectivity index (χ3n) is 5.28. The number of benzene rings is 2. The van der Waals surface area contributed by atoms with Crippen LogP contribution in [0.15, 0.2) is 42.5 Å². The van der Waals surface area contributed by atoms with Gasteiger partial charge in [0.05, 0.1) is 11.0 Å². The molecule has 6 heteroatoms. The number of ether oxygens (including phenoxy) is 1. The van der Waals surface area contributed by atoms with E-state index < -0.39 is 10.5 Å². The number of nitrogens with two attached hydrogens (primary N) is 1. The minimum Gasteiger partial charge on any atom is -0.487 e. The topological polar surface area (TPSA) is 90.4 Å². The Bertz CT molecular complexity index is 805. The zero-order valence-electron chi connectivity index (χ0n) is 15.4. The summed E-state index contributed by atoms with van der Waals surface area (Å²) in [6.07, 6.45) is 0.906. The van der Waals surface area contributed by atoms with Crippen molar-refractivity contribution >= 4 is 11.4 Å². The van der Waals surface area contributed by atoms with Gasteiger partial charge in [-0.1, -0.05) is 37.3 Å². The summed E-state index contributed by atoms with van der Waals surface area (Å²) >= 11 is 0. The molecule has 2 aromatic rings. The number of rotatable bonds is 5. The van der Waals surface area contributed by atoms with Crippen LogP contribution in [0.4, 0.5) is 11.4 Å². The normalized spacial score (nSPS) is 20.9. The fourth-order valence-electron chi connectivity index (χ4n) is 3.44. The molecule has 138 valence electrons. The molecule has 0 spiro atoms. The lowest BCUT2D eigenvalue weighted by Gasteiger charge is -2.43. The van der Waals surface area contributed by atoms with Crippen molar-refractivity contribution in [2.45, 2.75) is 38.8 Å². The molecule has 0 aromatic heterocycles. The maximum atomic E-state index is 11.2. The van der Waals surface area contributed by atoms with E-state index in [0.717, 1.165) is 18.5 Å². The third-order valence-corrected chi connectivity index (χ3v) is 5.28. The van der Waals surface area contributed by atoms with E-state index in [1.54, 1.807) is 6.07 Å². The molecule has 26 heavy (non-hydrogen) atoms. The van der Waals surface area contributed by atoms with Gasteiger partial charge in [-0.2, -0.15) is 0 Å². The van der Waals surface area contributed by atoms with Gasteiger partial charge in [-0.3, -0.25) is 10.1 Å². The third kappa shape index (κ3) is 3.51. The summed E-state index contributed by atoms with van der Waals surface area (Å²) in [5, 5.41) is 14.8. The Labute approximate surface area is 153 Å². The largest absolute Gasteiger partial charge is 0.487 e. The summed E-state index contributed by atoms with van der Waals surface area (Å²) in [5.41, 5.74) is 7.67. The second kappa shape index (κ2) is 6.96. The molecule has 6 nitrogen and oxygen atoms in total. The quantitative estimate of drug-likeness (QED) is 0.483. The van der Waals surface area contributed by atoms with Crippen molar-refractivity contribution in [1.82, 2.24) is 5.32 Å². The van der Waals surface area contributed by atoms with Crippen LogP contribution in [-0.4, -0.2) is 17.1 Å². The highest BCUT2D eigenvalue weighted by molar-refractivity contribution is 5.64. The van der Waals surface area contributed by atoms with Gasteiger partial charge in [-0.25, -0.2) is 0 Å². The summed E-state index contributed by atoms with van der Waals surface area (Å²) < 4.78 is 6.07. The zero-order valence-corrected chi connectivity index (χ0v) is 15.4. The lowest BCUT2D eigenvalue weighted by Crippen LogP contribution is -2.47. The molecule has 2 atom stereocenters. The van der Waals surface area contributed by atoms with Crippen molar-refractivity contribution in [3.63, 3.8) is 0 Å². The van der Waals surface area contributed by atoms with E-state index in [1.807, 2.05) is 32.0 Å². The molecule has 1 aliphatic rings. The number of anilines is 1. The molecule has 0 bridgehead atoms. The first-order chi connectivity index (χ1) is 12.3. The Balaban J connectivity index is 1.87.